The van der Waals surface area contributed by atoms with Crippen LogP contribution in [0.1, 0.15) is 11.5 Å². The average molecular weight is 382 g/mol. The van der Waals surface area contributed by atoms with Crippen LogP contribution in [0, 0.1) is 6.92 Å². The predicted molar refractivity (Wildman–Crippen MR) is 105 cm³/mol. The molecule has 0 aliphatic carbocycles. The molecule has 8 nitrogen and oxygen atoms in total. The minimum absolute atomic E-state index is 0.179. The van der Waals surface area contributed by atoms with Crippen LogP contribution >= 0.6 is 0 Å². The van der Waals surface area contributed by atoms with Gasteiger partial charge in [-0.3, -0.25) is 0 Å². The first kappa shape index (κ1) is 19.2. The van der Waals surface area contributed by atoms with Crippen molar-refractivity contribution in [1.29, 1.82) is 0 Å². The lowest BCUT2D eigenvalue weighted by molar-refractivity contribution is 0.213. The third-order valence-corrected chi connectivity index (χ3v) is 4.13. The van der Waals surface area contributed by atoms with Crippen molar-refractivity contribution in [1.82, 2.24) is 15.0 Å². The molecule has 0 saturated heterocycles. The first-order chi connectivity index (χ1) is 13.5. The molecular formula is C20H22N4O4. The van der Waals surface area contributed by atoms with Crippen LogP contribution in [0.5, 0.6) is 11.5 Å². The van der Waals surface area contributed by atoms with Crippen molar-refractivity contribution in [2.75, 3.05) is 26.6 Å². The molecule has 0 atom stereocenters. The van der Waals surface area contributed by atoms with Gasteiger partial charge < -0.3 is 24.2 Å². The molecule has 0 aliphatic rings. The lowest BCUT2D eigenvalue weighted by Gasteiger charge is -2.15. The number of ether oxygens (including phenoxy) is 2. The fourth-order valence-corrected chi connectivity index (χ4v) is 2.54. The lowest BCUT2D eigenvalue weighted by Crippen LogP contribution is -2.30. The topological polar surface area (TPSA) is 89.7 Å². The van der Waals surface area contributed by atoms with Gasteiger partial charge in [0, 0.05) is 18.3 Å². The van der Waals surface area contributed by atoms with Crippen molar-refractivity contribution < 1.29 is 18.8 Å². The van der Waals surface area contributed by atoms with Crippen molar-refractivity contribution in [2.45, 2.75) is 13.5 Å². The molecule has 146 valence electrons. The van der Waals surface area contributed by atoms with Crippen molar-refractivity contribution >= 4 is 11.7 Å². The molecule has 0 spiro atoms. The van der Waals surface area contributed by atoms with E-state index in [1.807, 2.05) is 37.3 Å². The van der Waals surface area contributed by atoms with Crippen molar-refractivity contribution in [3.63, 3.8) is 0 Å². The number of hydrogen-bond acceptors (Lipinski definition) is 6. The van der Waals surface area contributed by atoms with Gasteiger partial charge in [0.05, 0.1) is 14.2 Å². The van der Waals surface area contributed by atoms with Crippen LogP contribution in [-0.2, 0) is 6.54 Å². The lowest BCUT2D eigenvalue weighted by atomic mass is 10.2. The van der Waals surface area contributed by atoms with Crippen LogP contribution in [-0.4, -0.2) is 42.3 Å². The minimum Gasteiger partial charge on any atom is -0.493 e. The summed E-state index contributed by atoms with van der Waals surface area (Å²) in [6.07, 6.45) is 0. The van der Waals surface area contributed by atoms with Gasteiger partial charge in [-0.15, -0.1) is 0 Å². The Kier molecular flexibility index (Phi) is 5.78. The molecule has 28 heavy (non-hydrogen) atoms. The third-order valence-electron chi connectivity index (χ3n) is 4.13. The highest BCUT2D eigenvalue weighted by molar-refractivity contribution is 5.89. The Balaban J connectivity index is 1.66. The molecule has 1 heterocycles. The Labute approximate surface area is 163 Å². The number of hydrogen-bond donors (Lipinski definition) is 1. The van der Waals surface area contributed by atoms with E-state index in [1.54, 1.807) is 33.4 Å². The molecule has 0 fully saturated rings. The highest BCUT2D eigenvalue weighted by Gasteiger charge is 2.16. The number of carbonyl (C=O) groups excluding carboxylic acids is 1. The van der Waals surface area contributed by atoms with E-state index < -0.39 is 0 Å². The van der Waals surface area contributed by atoms with Gasteiger partial charge in [0.15, 0.2) is 11.5 Å². The van der Waals surface area contributed by atoms with E-state index in [1.165, 1.54) is 4.90 Å². The number of methoxy groups -OCH3 is 2. The molecule has 2 aromatic carbocycles. The van der Waals surface area contributed by atoms with Gasteiger partial charge in [-0.1, -0.05) is 22.9 Å². The molecule has 0 aliphatic heterocycles. The molecule has 2 amide bonds. The monoisotopic (exact) mass is 382 g/mol. The number of anilines is 1. The maximum Gasteiger partial charge on any atom is 0.322 e. The van der Waals surface area contributed by atoms with Gasteiger partial charge in [0.2, 0.25) is 11.7 Å². The number of benzene rings is 2. The maximum atomic E-state index is 12.3. The molecule has 0 unspecified atom stereocenters. The third kappa shape index (κ3) is 4.40. The summed E-state index contributed by atoms with van der Waals surface area (Å²) in [6, 6.07) is 12.6. The second kappa shape index (κ2) is 8.43. The van der Waals surface area contributed by atoms with E-state index in [4.69, 9.17) is 14.0 Å². The smallest absolute Gasteiger partial charge is 0.322 e. The van der Waals surface area contributed by atoms with Gasteiger partial charge in [0.1, 0.15) is 6.54 Å². The molecular weight excluding hydrogens is 360 g/mol. The highest BCUT2D eigenvalue weighted by Crippen LogP contribution is 2.31. The molecule has 0 bridgehead atoms. The van der Waals surface area contributed by atoms with E-state index in [9.17, 15) is 4.79 Å². The van der Waals surface area contributed by atoms with E-state index >= 15 is 0 Å². The van der Waals surface area contributed by atoms with Crippen LogP contribution < -0.4 is 14.8 Å². The maximum absolute atomic E-state index is 12.3. The fourth-order valence-electron chi connectivity index (χ4n) is 2.54. The van der Waals surface area contributed by atoms with Gasteiger partial charge in [-0.25, -0.2) is 4.79 Å². The Morgan fingerprint density at radius 3 is 2.50 bits per heavy atom. The Hall–Kier alpha value is -3.55. The van der Waals surface area contributed by atoms with Crippen LogP contribution in [0.3, 0.4) is 0 Å². The summed E-state index contributed by atoms with van der Waals surface area (Å²) < 4.78 is 15.8. The number of carbonyl (C=O) groups is 1. The van der Waals surface area contributed by atoms with Crippen molar-refractivity contribution in [3.8, 4) is 22.9 Å². The van der Waals surface area contributed by atoms with Gasteiger partial charge in [-0.05, 0) is 37.3 Å². The summed E-state index contributed by atoms with van der Waals surface area (Å²) in [7, 11) is 4.79. The van der Waals surface area contributed by atoms with Crippen molar-refractivity contribution in [2.24, 2.45) is 0 Å². The second-order valence-corrected chi connectivity index (χ2v) is 6.23. The van der Waals surface area contributed by atoms with Crippen molar-refractivity contribution in [3.05, 3.63) is 53.9 Å². The number of nitrogens with zero attached hydrogens (tertiary/aromatic N) is 3. The van der Waals surface area contributed by atoms with E-state index in [-0.39, 0.29) is 12.6 Å². The molecule has 1 aromatic heterocycles. The predicted octanol–water partition coefficient (Wildman–Crippen LogP) is 3.73. The molecule has 3 aromatic rings. The normalized spacial score (nSPS) is 10.4. The summed E-state index contributed by atoms with van der Waals surface area (Å²) in [5, 5.41) is 6.80. The molecule has 0 radical (unpaired) electrons. The number of aryl methyl sites for hydroxylation is 1. The molecule has 8 heteroatoms. The Morgan fingerprint density at radius 1 is 1.11 bits per heavy atom. The van der Waals surface area contributed by atoms with E-state index in [0.29, 0.717) is 23.2 Å². The quantitative estimate of drug-likeness (QED) is 0.699. The Bertz CT molecular complexity index is 953. The first-order valence-corrected chi connectivity index (χ1v) is 8.64. The first-order valence-electron chi connectivity index (χ1n) is 8.64. The summed E-state index contributed by atoms with van der Waals surface area (Å²) in [6.45, 7) is 2.17. The summed E-state index contributed by atoms with van der Waals surface area (Å²) >= 11 is 0. The zero-order chi connectivity index (χ0) is 20.1. The number of urea groups is 1. The molecule has 0 saturated carbocycles. The SMILES string of the molecule is COc1ccc(-c2noc(CN(C)C(=O)Nc3ccc(C)cc3)n2)cc1OC. The molecule has 3 rings (SSSR count). The average Bonchev–Trinajstić information content (AvgIpc) is 3.17. The largest absolute Gasteiger partial charge is 0.493 e. The van der Waals surface area contributed by atoms with Crippen LogP contribution in [0.2, 0.25) is 0 Å². The number of rotatable bonds is 6. The number of aromatic nitrogens is 2. The number of nitrogens with one attached hydrogen (secondary N) is 1. The van der Waals surface area contributed by atoms with Crippen LogP contribution in [0.4, 0.5) is 10.5 Å². The van der Waals surface area contributed by atoms with E-state index in [0.717, 1.165) is 16.8 Å². The summed E-state index contributed by atoms with van der Waals surface area (Å²) in [5.74, 6) is 1.91. The van der Waals surface area contributed by atoms with Gasteiger partial charge >= 0.3 is 6.03 Å². The standard InChI is InChI=1S/C20H22N4O4/c1-13-5-8-15(9-6-13)21-20(25)24(2)12-18-22-19(23-28-18)14-7-10-16(26-3)17(11-14)27-4/h5-11H,12H2,1-4H3,(H,21,25). The summed E-state index contributed by atoms with van der Waals surface area (Å²) in [5.41, 5.74) is 2.57. The fraction of sp³-hybridized carbons (Fsp3) is 0.250. The van der Waals surface area contributed by atoms with Gasteiger partial charge in [-0.2, -0.15) is 4.98 Å². The minimum atomic E-state index is -0.269. The zero-order valence-electron chi connectivity index (χ0n) is 16.2. The highest BCUT2D eigenvalue weighted by atomic mass is 16.5. The van der Waals surface area contributed by atoms with E-state index in [2.05, 4.69) is 15.5 Å². The second-order valence-electron chi connectivity index (χ2n) is 6.23. The number of amides is 2. The molecule has 1 N–H and O–H groups in total. The van der Waals surface area contributed by atoms with Gasteiger partial charge in [0.25, 0.3) is 0 Å². The van der Waals surface area contributed by atoms with Crippen LogP contribution in [0.25, 0.3) is 11.4 Å². The van der Waals surface area contributed by atoms with Crippen LogP contribution in [0.15, 0.2) is 47.0 Å². The Morgan fingerprint density at radius 2 is 1.82 bits per heavy atom. The summed E-state index contributed by atoms with van der Waals surface area (Å²) in [4.78, 5) is 18.1. The zero-order valence-corrected chi connectivity index (χ0v) is 16.2.